The van der Waals surface area contributed by atoms with Gasteiger partial charge in [-0.3, -0.25) is 0 Å². The normalized spacial score (nSPS) is 15.1. The van der Waals surface area contributed by atoms with E-state index in [2.05, 4.69) is 0 Å². The quantitative estimate of drug-likeness (QED) is 0.494. The number of rotatable bonds is 1. The highest BCUT2D eigenvalue weighted by Gasteiger charge is 2.39. The Hall–Kier alpha value is -0.780. The van der Waals surface area contributed by atoms with Gasteiger partial charge in [-0.25, -0.2) is 0 Å². The first kappa shape index (κ1) is 8.22. The summed E-state index contributed by atoms with van der Waals surface area (Å²) in [6.45, 7) is 0. The van der Waals surface area contributed by atoms with Gasteiger partial charge in [0, 0.05) is 0 Å². The molecule has 0 aliphatic carbocycles. The van der Waals surface area contributed by atoms with E-state index >= 15 is 0 Å². The molecule has 0 saturated carbocycles. The highest BCUT2D eigenvalue weighted by Crippen LogP contribution is 2.18. The summed E-state index contributed by atoms with van der Waals surface area (Å²) < 4.78 is 33.1. The van der Waals surface area contributed by atoms with Gasteiger partial charge in [0.25, 0.3) is 0 Å². The van der Waals surface area contributed by atoms with E-state index in [4.69, 9.17) is 5.11 Å². The lowest BCUT2D eigenvalue weighted by molar-refractivity contribution is -0.332. The summed E-state index contributed by atoms with van der Waals surface area (Å²) in [7, 11) is 0. The predicted octanol–water partition coefficient (Wildman–Crippen LogP) is -1.34. The largest absolute Gasteiger partial charge is 0.547 e. The van der Waals surface area contributed by atoms with Crippen molar-refractivity contribution >= 4 is 5.97 Å². The van der Waals surface area contributed by atoms with Crippen LogP contribution in [0.25, 0.3) is 0 Å². The second kappa shape index (κ2) is 2.22. The minimum atomic E-state index is -5.13. The first-order valence-corrected chi connectivity index (χ1v) is 1.81. The molecule has 0 saturated heterocycles. The van der Waals surface area contributed by atoms with Crippen LogP contribution < -0.4 is 5.11 Å². The van der Waals surface area contributed by atoms with E-state index in [0.717, 1.165) is 0 Å². The van der Waals surface area contributed by atoms with Crippen LogP contribution in [-0.4, -0.2) is 23.4 Å². The van der Waals surface area contributed by atoms with E-state index in [0.29, 0.717) is 0 Å². The number of carboxylic acids is 1. The van der Waals surface area contributed by atoms with Crippen LogP contribution in [0.2, 0.25) is 0 Å². The molecule has 1 N–H and O–H groups in total. The van der Waals surface area contributed by atoms with Gasteiger partial charge in [0.1, 0.15) is 0 Å². The van der Waals surface area contributed by atoms with Crippen LogP contribution in [0.4, 0.5) is 13.2 Å². The molecule has 0 radical (unpaired) electrons. The Morgan fingerprint density at radius 1 is 1.56 bits per heavy atom. The molecular formula is C3H2F3O3-. The van der Waals surface area contributed by atoms with Gasteiger partial charge >= 0.3 is 6.18 Å². The average molecular weight is 143 g/mol. The summed E-state index contributed by atoms with van der Waals surface area (Å²) in [5.74, 6) is -2.54. The third-order valence-electron chi connectivity index (χ3n) is 0.533. The van der Waals surface area contributed by atoms with Crippen molar-refractivity contribution in [3.05, 3.63) is 0 Å². The Bertz CT molecular complexity index is 118. The molecule has 0 amide bonds. The lowest BCUT2D eigenvalue weighted by atomic mass is 10.4. The van der Waals surface area contributed by atoms with Crippen molar-refractivity contribution < 1.29 is 28.2 Å². The van der Waals surface area contributed by atoms with E-state index < -0.39 is 18.2 Å². The Labute approximate surface area is 47.7 Å². The summed E-state index contributed by atoms with van der Waals surface area (Å²) in [4.78, 5) is 9.26. The number of carbonyl (C=O) groups excluding carboxylic acids is 1. The van der Waals surface area contributed by atoms with Crippen LogP contribution in [0.5, 0.6) is 0 Å². The van der Waals surface area contributed by atoms with Gasteiger partial charge in [0.15, 0.2) is 6.10 Å². The van der Waals surface area contributed by atoms with Gasteiger partial charge in [-0.15, -0.1) is 0 Å². The van der Waals surface area contributed by atoms with Crippen molar-refractivity contribution in [1.82, 2.24) is 0 Å². The number of hydrogen-bond donors (Lipinski definition) is 1. The molecule has 0 aliphatic rings. The number of aliphatic hydroxyl groups excluding tert-OH is 1. The number of halogens is 3. The average Bonchev–Trinajstić information content (AvgIpc) is 1.62. The maximum atomic E-state index is 11.0. The molecule has 0 aromatic carbocycles. The van der Waals surface area contributed by atoms with E-state index in [9.17, 15) is 23.1 Å². The summed E-state index contributed by atoms with van der Waals surface area (Å²) in [5, 5.41) is 16.9. The third-order valence-corrected chi connectivity index (χ3v) is 0.533. The van der Waals surface area contributed by atoms with E-state index in [-0.39, 0.29) is 0 Å². The zero-order valence-electron chi connectivity index (χ0n) is 3.97. The fourth-order valence-corrected chi connectivity index (χ4v) is 0.134. The van der Waals surface area contributed by atoms with Crippen LogP contribution in [0.3, 0.4) is 0 Å². The highest BCUT2D eigenvalue weighted by atomic mass is 19.4. The number of alkyl halides is 3. The van der Waals surface area contributed by atoms with Crippen molar-refractivity contribution in [2.24, 2.45) is 0 Å². The molecule has 0 rings (SSSR count). The van der Waals surface area contributed by atoms with Gasteiger partial charge in [-0.1, -0.05) is 0 Å². The van der Waals surface area contributed by atoms with E-state index in [1.165, 1.54) is 0 Å². The summed E-state index contributed by atoms with van der Waals surface area (Å²) >= 11 is 0. The minimum Gasteiger partial charge on any atom is -0.547 e. The van der Waals surface area contributed by atoms with Crippen molar-refractivity contribution in [2.75, 3.05) is 0 Å². The molecule has 9 heavy (non-hydrogen) atoms. The van der Waals surface area contributed by atoms with Crippen LogP contribution in [-0.2, 0) is 4.79 Å². The van der Waals surface area contributed by atoms with Crippen molar-refractivity contribution in [3.8, 4) is 0 Å². The molecule has 0 heterocycles. The number of aliphatic hydroxyl groups is 1. The van der Waals surface area contributed by atoms with E-state index in [1.807, 2.05) is 0 Å². The van der Waals surface area contributed by atoms with Crippen LogP contribution in [0, 0.1) is 0 Å². The maximum absolute atomic E-state index is 11.0. The van der Waals surface area contributed by atoms with Crippen molar-refractivity contribution in [3.63, 3.8) is 0 Å². The lowest BCUT2D eigenvalue weighted by Gasteiger charge is -2.13. The molecule has 0 spiro atoms. The summed E-state index contributed by atoms with van der Waals surface area (Å²) in [6.07, 6.45) is -8.50. The Morgan fingerprint density at radius 2 is 1.89 bits per heavy atom. The number of aliphatic carboxylic acids is 1. The van der Waals surface area contributed by atoms with Gasteiger partial charge < -0.3 is 15.0 Å². The summed E-state index contributed by atoms with van der Waals surface area (Å²) in [5.41, 5.74) is 0. The molecule has 6 heteroatoms. The molecule has 1 unspecified atom stereocenters. The first-order valence-electron chi connectivity index (χ1n) is 1.81. The number of hydrogen-bond acceptors (Lipinski definition) is 3. The maximum Gasteiger partial charge on any atom is 0.419 e. The Balaban J connectivity index is 4.04. The zero-order chi connectivity index (χ0) is 7.65. The SMILES string of the molecule is O=C([O-])C(O)C(F)(F)F. The molecule has 0 aromatic rings. The standard InChI is InChI=1S/C3H3F3O3/c4-3(5,6)1(7)2(8)9/h1,7H,(H,8,9)/p-1. The fourth-order valence-electron chi connectivity index (χ4n) is 0.134. The first-order chi connectivity index (χ1) is 3.85. The minimum absolute atomic E-state index is 2.54. The molecule has 54 valence electrons. The number of carboxylic acid groups (broad SMARTS) is 1. The topological polar surface area (TPSA) is 60.4 Å². The van der Waals surface area contributed by atoms with Crippen LogP contribution >= 0.6 is 0 Å². The van der Waals surface area contributed by atoms with Gasteiger partial charge in [0.2, 0.25) is 0 Å². The van der Waals surface area contributed by atoms with Crippen LogP contribution in [0.1, 0.15) is 0 Å². The van der Waals surface area contributed by atoms with Crippen molar-refractivity contribution in [2.45, 2.75) is 12.3 Å². The summed E-state index contributed by atoms with van der Waals surface area (Å²) in [6, 6.07) is 0. The molecule has 1 atom stereocenters. The van der Waals surface area contributed by atoms with Gasteiger partial charge in [-0.05, 0) is 0 Å². The molecular weight excluding hydrogens is 141 g/mol. The van der Waals surface area contributed by atoms with Gasteiger partial charge in [-0.2, -0.15) is 13.2 Å². The Kier molecular flexibility index (Phi) is 2.03. The number of carbonyl (C=O) groups is 1. The zero-order valence-corrected chi connectivity index (χ0v) is 3.97. The molecule has 0 bridgehead atoms. The fraction of sp³-hybridized carbons (Fsp3) is 0.667. The van der Waals surface area contributed by atoms with E-state index in [1.54, 1.807) is 0 Å². The second-order valence-electron chi connectivity index (χ2n) is 1.26. The lowest BCUT2D eigenvalue weighted by Crippen LogP contribution is -2.45. The molecule has 0 aromatic heterocycles. The molecule has 0 fully saturated rings. The monoisotopic (exact) mass is 143 g/mol. The predicted molar refractivity (Wildman–Crippen MR) is 17.1 cm³/mol. The molecule has 0 aliphatic heterocycles. The Morgan fingerprint density at radius 3 is 1.89 bits per heavy atom. The second-order valence-corrected chi connectivity index (χ2v) is 1.26. The highest BCUT2D eigenvalue weighted by molar-refractivity contribution is 5.70. The van der Waals surface area contributed by atoms with Crippen molar-refractivity contribution in [1.29, 1.82) is 0 Å². The molecule has 3 nitrogen and oxygen atoms in total. The third kappa shape index (κ3) is 2.31. The van der Waals surface area contributed by atoms with Crippen LogP contribution in [0.15, 0.2) is 0 Å². The smallest absolute Gasteiger partial charge is 0.419 e. The van der Waals surface area contributed by atoms with Gasteiger partial charge in [0.05, 0.1) is 5.97 Å².